The summed E-state index contributed by atoms with van der Waals surface area (Å²) < 4.78 is 1.68. The normalized spacial score (nSPS) is 10.3. The number of carboxylic acid groups (broad SMARTS) is 1. The summed E-state index contributed by atoms with van der Waals surface area (Å²) in [5.74, 6) is -0.724. The predicted octanol–water partition coefficient (Wildman–Crippen LogP) is 0.708. The molecule has 0 aliphatic carbocycles. The van der Waals surface area contributed by atoms with E-state index in [0.717, 1.165) is 5.56 Å². The number of carboxylic acids is 1. The van der Waals surface area contributed by atoms with Gasteiger partial charge in [-0.3, -0.25) is 4.68 Å². The number of anilines is 2. The third-order valence-corrected chi connectivity index (χ3v) is 2.36. The lowest BCUT2D eigenvalue weighted by atomic mass is 10.3. The first-order chi connectivity index (χ1) is 8.56. The molecule has 0 aliphatic rings. The van der Waals surface area contributed by atoms with Crippen LogP contribution in [-0.4, -0.2) is 25.8 Å². The average molecular weight is 247 g/mol. The molecule has 0 aliphatic heterocycles. The highest BCUT2D eigenvalue weighted by Gasteiger charge is 2.08. The van der Waals surface area contributed by atoms with Crippen LogP contribution in [-0.2, 0) is 13.6 Å². The van der Waals surface area contributed by atoms with Crippen molar-refractivity contribution in [3.63, 3.8) is 0 Å². The van der Waals surface area contributed by atoms with E-state index >= 15 is 0 Å². The fraction of sp³-hybridized carbons (Fsp3) is 0.182. The Kier molecular flexibility index (Phi) is 3.13. The lowest BCUT2D eigenvalue weighted by molar-refractivity contribution is 0.0690. The Labute approximate surface area is 103 Å². The zero-order valence-corrected chi connectivity index (χ0v) is 9.79. The minimum Gasteiger partial charge on any atom is -0.477 e. The third-order valence-electron chi connectivity index (χ3n) is 2.36. The van der Waals surface area contributed by atoms with Gasteiger partial charge in [-0.15, -0.1) is 0 Å². The van der Waals surface area contributed by atoms with Crippen LogP contribution in [0.25, 0.3) is 0 Å². The van der Waals surface area contributed by atoms with Crippen LogP contribution in [0.5, 0.6) is 0 Å². The van der Waals surface area contributed by atoms with Gasteiger partial charge in [0.1, 0.15) is 5.82 Å². The summed E-state index contributed by atoms with van der Waals surface area (Å²) in [7, 11) is 1.82. The van der Waals surface area contributed by atoms with Gasteiger partial charge in [-0.05, 0) is 12.1 Å². The van der Waals surface area contributed by atoms with Crippen molar-refractivity contribution in [3.8, 4) is 0 Å². The first-order valence-electron chi connectivity index (χ1n) is 5.27. The van der Waals surface area contributed by atoms with Gasteiger partial charge in [0.2, 0.25) is 0 Å². The molecule has 0 unspecified atom stereocenters. The van der Waals surface area contributed by atoms with E-state index in [9.17, 15) is 4.79 Å². The Morgan fingerprint density at radius 1 is 1.56 bits per heavy atom. The van der Waals surface area contributed by atoms with E-state index in [1.54, 1.807) is 10.9 Å². The Morgan fingerprint density at radius 2 is 2.33 bits per heavy atom. The Morgan fingerprint density at radius 3 is 2.94 bits per heavy atom. The number of aryl methyl sites for hydroxylation is 1. The number of nitrogens with two attached hydrogens (primary N) is 1. The number of nitrogens with one attached hydrogen (secondary N) is 1. The first kappa shape index (κ1) is 11.9. The maximum absolute atomic E-state index is 10.8. The van der Waals surface area contributed by atoms with Gasteiger partial charge in [-0.25, -0.2) is 9.78 Å². The topological polar surface area (TPSA) is 106 Å². The Balaban J connectivity index is 2.13. The van der Waals surface area contributed by atoms with Gasteiger partial charge >= 0.3 is 5.97 Å². The summed E-state index contributed by atoms with van der Waals surface area (Å²) >= 11 is 0. The molecule has 0 radical (unpaired) electrons. The van der Waals surface area contributed by atoms with Crippen molar-refractivity contribution >= 4 is 17.5 Å². The molecule has 0 atom stereocenters. The van der Waals surface area contributed by atoms with Gasteiger partial charge in [0.05, 0.1) is 11.9 Å². The molecule has 7 heteroatoms. The largest absolute Gasteiger partial charge is 0.477 e. The van der Waals surface area contributed by atoms with Crippen molar-refractivity contribution in [2.75, 3.05) is 11.1 Å². The summed E-state index contributed by atoms with van der Waals surface area (Å²) in [5.41, 5.74) is 7.04. The van der Waals surface area contributed by atoms with Gasteiger partial charge in [0, 0.05) is 25.4 Å². The van der Waals surface area contributed by atoms with E-state index in [1.165, 1.54) is 12.1 Å². The number of hydrogen-bond acceptors (Lipinski definition) is 5. The quantitative estimate of drug-likeness (QED) is 0.734. The molecule has 2 aromatic heterocycles. The maximum Gasteiger partial charge on any atom is 0.354 e. The van der Waals surface area contributed by atoms with E-state index in [2.05, 4.69) is 15.4 Å². The van der Waals surface area contributed by atoms with Gasteiger partial charge in [-0.2, -0.15) is 5.10 Å². The molecule has 4 N–H and O–H groups in total. The van der Waals surface area contributed by atoms with Gasteiger partial charge < -0.3 is 16.2 Å². The van der Waals surface area contributed by atoms with Crippen molar-refractivity contribution in [3.05, 3.63) is 35.8 Å². The summed E-state index contributed by atoms with van der Waals surface area (Å²) in [4.78, 5) is 14.7. The molecule has 0 bridgehead atoms. The predicted molar refractivity (Wildman–Crippen MR) is 66.1 cm³/mol. The minimum atomic E-state index is -1.08. The number of pyridine rings is 1. The Bertz CT molecular complexity index is 579. The van der Waals surface area contributed by atoms with Crippen molar-refractivity contribution in [1.29, 1.82) is 0 Å². The SMILES string of the molecule is Cn1cc(CNc2nc(C(=O)O)ccc2N)cn1. The number of nitrogen functional groups attached to an aromatic ring is 1. The molecule has 0 saturated heterocycles. The minimum absolute atomic E-state index is 0.0436. The van der Waals surface area contributed by atoms with Gasteiger partial charge in [0.15, 0.2) is 5.69 Å². The fourth-order valence-corrected chi connectivity index (χ4v) is 1.48. The highest BCUT2D eigenvalue weighted by Crippen LogP contribution is 2.16. The maximum atomic E-state index is 10.8. The standard InChI is InChI=1S/C11H13N5O2/c1-16-6-7(5-14-16)4-13-10-8(12)2-3-9(15-10)11(17)18/h2-3,5-6H,4,12H2,1H3,(H,13,15)(H,17,18). The lowest BCUT2D eigenvalue weighted by Crippen LogP contribution is -2.08. The summed E-state index contributed by atoms with van der Waals surface area (Å²) in [6.07, 6.45) is 3.56. The number of nitrogens with zero attached hydrogens (tertiary/aromatic N) is 3. The number of aromatic nitrogens is 3. The molecule has 2 rings (SSSR count). The molecule has 2 aromatic rings. The zero-order chi connectivity index (χ0) is 13.1. The summed E-state index contributed by atoms with van der Waals surface area (Å²) in [6.45, 7) is 0.480. The van der Waals surface area contributed by atoms with Crippen LogP contribution in [0.4, 0.5) is 11.5 Å². The Hall–Kier alpha value is -2.57. The van der Waals surface area contributed by atoms with Crippen LogP contribution in [0.1, 0.15) is 16.1 Å². The van der Waals surface area contributed by atoms with Crippen LogP contribution in [0, 0.1) is 0 Å². The van der Waals surface area contributed by atoms with E-state index in [-0.39, 0.29) is 5.69 Å². The third kappa shape index (κ3) is 2.57. The molecular formula is C11H13N5O2. The van der Waals surface area contributed by atoms with E-state index in [4.69, 9.17) is 10.8 Å². The smallest absolute Gasteiger partial charge is 0.354 e. The summed E-state index contributed by atoms with van der Waals surface area (Å²) in [5, 5.41) is 15.9. The van der Waals surface area contributed by atoms with Crippen molar-refractivity contribution < 1.29 is 9.90 Å². The highest BCUT2D eigenvalue weighted by atomic mass is 16.4. The monoisotopic (exact) mass is 247 g/mol. The molecule has 7 nitrogen and oxygen atoms in total. The molecule has 0 aromatic carbocycles. The molecule has 94 valence electrons. The number of aromatic carboxylic acids is 1. The molecule has 0 spiro atoms. The summed E-state index contributed by atoms with van der Waals surface area (Å²) in [6, 6.07) is 2.88. The number of rotatable bonds is 4. The lowest BCUT2D eigenvalue weighted by Gasteiger charge is -2.07. The van der Waals surface area contributed by atoms with Gasteiger partial charge in [-0.1, -0.05) is 0 Å². The molecule has 0 fully saturated rings. The van der Waals surface area contributed by atoms with Crippen LogP contribution >= 0.6 is 0 Å². The number of carbonyl (C=O) groups is 1. The van der Waals surface area contributed by atoms with Crippen molar-refractivity contribution in [2.45, 2.75) is 6.54 Å². The zero-order valence-electron chi connectivity index (χ0n) is 9.79. The van der Waals surface area contributed by atoms with Crippen LogP contribution in [0.3, 0.4) is 0 Å². The second kappa shape index (κ2) is 4.74. The second-order valence-electron chi connectivity index (χ2n) is 3.82. The molecule has 18 heavy (non-hydrogen) atoms. The van der Waals surface area contributed by atoms with Crippen LogP contribution in [0.2, 0.25) is 0 Å². The first-order valence-corrected chi connectivity index (χ1v) is 5.27. The average Bonchev–Trinajstić information content (AvgIpc) is 2.74. The number of hydrogen-bond donors (Lipinski definition) is 3. The van der Waals surface area contributed by atoms with Gasteiger partial charge in [0.25, 0.3) is 0 Å². The fourth-order valence-electron chi connectivity index (χ4n) is 1.48. The van der Waals surface area contributed by atoms with Crippen molar-refractivity contribution in [1.82, 2.24) is 14.8 Å². The van der Waals surface area contributed by atoms with Crippen LogP contribution in [0.15, 0.2) is 24.5 Å². The van der Waals surface area contributed by atoms with E-state index in [0.29, 0.717) is 18.1 Å². The highest BCUT2D eigenvalue weighted by molar-refractivity contribution is 5.86. The molecular weight excluding hydrogens is 234 g/mol. The molecule has 0 saturated carbocycles. The molecule has 2 heterocycles. The van der Waals surface area contributed by atoms with E-state index in [1.807, 2.05) is 13.2 Å². The molecule has 0 amide bonds. The van der Waals surface area contributed by atoms with E-state index < -0.39 is 5.97 Å². The van der Waals surface area contributed by atoms with Crippen molar-refractivity contribution in [2.24, 2.45) is 7.05 Å². The second-order valence-corrected chi connectivity index (χ2v) is 3.82. The van der Waals surface area contributed by atoms with Crippen LogP contribution < -0.4 is 11.1 Å².